The van der Waals surface area contributed by atoms with E-state index in [1.807, 2.05) is 50.2 Å². The van der Waals surface area contributed by atoms with Crippen LogP contribution >= 0.6 is 0 Å². The fourth-order valence-corrected chi connectivity index (χ4v) is 4.24. The monoisotopic (exact) mass is 488 g/mol. The van der Waals surface area contributed by atoms with Crippen LogP contribution in [0.2, 0.25) is 0 Å². The van der Waals surface area contributed by atoms with Crippen molar-refractivity contribution in [3.63, 3.8) is 0 Å². The van der Waals surface area contributed by atoms with Crippen LogP contribution in [0.5, 0.6) is 5.75 Å². The smallest absolute Gasteiger partial charge is 0.295 e. The molecule has 0 aromatic heterocycles. The van der Waals surface area contributed by atoms with Gasteiger partial charge in [0.15, 0.2) is 0 Å². The highest BCUT2D eigenvalue weighted by atomic mass is 19.1. The molecule has 1 aliphatic rings. The van der Waals surface area contributed by atoms with Gasteiger partial charge in [-0.05, 0) is 62.5 Å². The van der Waals surface area contributed by atoms with Gasteiger partial charge >= 0.3 is 0 Å². The van der Waals surface area contributed by atoms with Crippen LogP contribution in [0.25, 0.3) is 5.76 Å². The van der Waals surface area contributed by atoms with E-state index >= 15 is 0 Å². The molecule has 0 saturated carbocycles. The van der Waals surface area contributed by atoms with Crippen LogP contribution in [0, 0.1) is 12.7 Å². The van der Waals surface area contributed by atoms with Gasteiger partial charge in [0.05, 0.1) is 11.6 Å². The molecular formula is C29H29FN2O4. The average Bonchev–Trinajstić information content (AvgIpc) is 3.12. The maximum atomic E-state index is 14.8. The van der Waals surface area contributed by atoms with Crippen LogP contribution in [-0.2, 0) is 16.2 Å². The summed E-state index contributed by atoms with van der Waals surface area (Å²) in [5, 5.41) is 11.2. The number of aryl methyl sites for hydroxylation is 1. The van der Waals surface area contributed by atoms with Gasteiger partial charge in [-0.15, -0.1) is 0 Å². The minimum atomic E-state index is -1.02. The molecule has 1 amide bonds. The Morgan fingerprint density at radius 2 is 1.67 bits per heavy atom. The summed E-state index contributed by atoms with van der Waals surface area (Å²) >= 11 is 0. The number of benzene rings is 3. The van der Waals surface area contributed by atoms with Crippen molar-refractivity contribution in [1.82, 2.24) is 9.80 Å². The third kappa shape index (κ3) is 5.16. The van der Waals surface area contributed by atoms with Gasteiger partial charge in [-0.2, -0.15) is 0 Å². The molecule has 1 fully saturated rings. The van der Waals surface area contributed by atoms with Crippen LogP contribution in [0.15, 0.2) is 78.4 Å². The predicted molar refractivity (Wildman–Crippen MR) is 136 cm³/mol. The Balaban J connectivity index is 1.66. The van der Waals surface area contributed by atoms with E-state index in [9.17, 15) is 19.1 Å². The average molecular weight is 489 g/mol. The zero-order valence-corrected chi connectivity index (χ0v) is 20.6. The van der Waals surface area contributed by atoms with Gasteiger partial charge in [-0.25, -0.2) is 4.39 Å². The number of likely N-dealkylation sites (N-methyl/N-ethyl adjacent to an activating group) is 1. The molecule has 7 heteroatoms. The highest BCUT2D eigenvalue weighted by Gasteiger charge is 2.46. The SMILES string of the molecule is Cc1ccccc1COc1ccc(/C(O)=C2\C(=O)C(=O)N(CCN(C)C)C2c2ccccc2F)cc1. The number of carbonyl (C=O) groups excluding carboxylic acids is 2. The zero-order valence-electron chi connectivity index (χ0n) is 20.6. The van der Waals surface area contributed by atoms with Gasteiger partial charge in [-0.1, -0.05) is 42.5 Å². The molecule has 0 radical (unpaired) electrons. The number of ketones is 1. The van der Waals surface area contributed by atoms with Crippen LogP contribution in [0.3, 0.4) is 0 Å². The highest BCUT2D eigenvalue weighted by Crippen LogP contribution is 2.40. The Hall–Kier alpha value is -3.97. The molecule has 1 N–H and O–H groups in total. The van der Waals surface area contributed by atoms with E-state index < -0.39 is 23.5 Å². The summed E-state index contributed by atoms with van der Waals surface area (Å²) in [7, 11) is 3.69. The van der Waals surface area contributed by atoms with Gasteiger partial charge < -0.3 is 19.6 Å². The summed E-state index contributed by atoms with van der Waals surface area (Å²) in [6.45, 7) is 3.09. The van der Waals surface area contributed by atoms with Crippen LogP contribution in [-0.4, -0.2) is 53.8 Å². The molecule has 4 rings (SSSR count). The molecule has 1 aliphatic heterocycles. The normalized spacial score (nSPS) is 17.1. The molecule has 1 saturated heterocycles. The molecule has 1 unspecified atom stereocenters. The standard InChI is InChI=1S/C29H29FN2O4/c1-19-8-4-5-9-21(19)18-36-22-14-12-20(13-15-22)27(33)25-26(23-10-6-7-11-24(23)30)32(17-16-31(2)3)29(35)28(25)34/h4-15,26,33H,16-18H2,1-3H3/b27-25+. The number of nitrogens with zero attached hydrogens (tertiary/aromatic N) is 2. The van der Waals surface area contributed by atoms with Gasteiger partial charge in [0.25, 0.3) is 11.7 Å². The molecule has 1 atom stereocenters. The lowest BCUT2D eigenvalue weighted by Crippen LogP contribution is -2.35. The lowest BCUT2D eigenvalue weighted by atomic mass is 9.95. The summed E-state index contributed by atoms with van der Waals surface area (Å²) in [5.41, 5.74) is 2.56. The zero-order chi connectivity index (χ0) is 25.8. The summed E-state index contributed by atoms with van der Waals surface area (Å²) in [6, 6.07) is 19.5. The number of rotatable bonds is 8. The number of hydrogen-bond acceptors (Lipinski definition) is 5. The first-order chi connectivity index (χ1) is 17.3. The van der Waals surface area contributed by atoms with Crippen molar-refractivity contribution in [2.24, 2.45) is 0 Å². The van der Waals surface area contributed by atoms with Gasteiger partial charge in [-0.3, -0.25) is 9.59 Å². The first kappa shape index (κ1) is 25.1. The second kappa shape index (κ2) is 10.7. The van der Waals surface area contributed by atoms with Crippen molar-refractivity contribution in [2.75, 3.05) is 27.2 Å². The molecule has 6 nitrogen and oxygen atoms in total. The third-order valence-electron chi connectivity index (χ3n) is 6.31. The molecule has 0 spiro atoms. The quantitative estimate of drug-likeness (QED) is 0.283. The lowest BCUT2D eigenvalue weighted by Gasteiger charge is -2.26. The van der Waals surface area contributed by atoms with Crippen molar-refractivity contribution in [3.05, 3.63) is 106 Å². The number of amides is 1. The fourth-order valence-electron chi connectivity index (χ4n) is 4.24. The second-order valence-electron chi connectivity index (χ2n) is 9.06. The van der Waals surface area contributed by atoms with E-state index in [-0.39, 0.29) is 23.4 Å². The molecule has 3 aromatic rings. The van der Waals surface area contributed by atoms with Crippen molar-refractivity contribution < 1.29 is 23.8 Å². The molecular weight excluding hydrogens is 459 g/mol. The first-order valence-corrected chi connectivity index (χ1v) is 11.7. The van der Waals surface area contributed by atoms with Gasteiger partial charge in [0, 0.05) is 24.2 Å². The fraction of sp³-hybridized carbons (Fsp3) is 0.241. The number of carbonyl (C=O) groups is 2. The summed E-state index contributed by atoms with van der Waals surface area (Å²) in [4.78, 5) is 29.2. The van der Waals surface area contributed by atoms with E-state index in [1.54, 1.807) is 36.4 Å². The highest BCUT2D eigenvalue weighted by molar-refractivity contribution is 6.46. The molecule has 0 bridgehead atoms. The van der Waals surface area contributed by atoms with Crippen LogP contribution < -0.4 is 4.74 Å². The second-order valence-corrected chi connectivity index (χ2v) is 9.06. The number of hydrogen-bond donors (Lipinski definition) is 1. The largest absolute Gasteiger partial charge is 0.507 e. The van der Waals surface area contributed by atoms with E-state index in [0.717, 1.165) is 11.1 Å². The topological polar surface area (TPSA) is 70.1 Å². The number of ether oxygens (including phenoxy) is 1. The summed E-state index contributed by atoms with van der Waals surface area (Å²) < 4.78 is 20.7. The lowest BCUT2D eigenvalue weighted by molar-refractivity contribution is -0.140. The van der Waals surface area contributed by atoms with Crippen LogP contribution in [0.1, 0.15) is 28.3 Å². The molecule has 186 valence electrons. The van der Waals surface area contributed by atoms with Crippen molar-refractivity contribution >= 4 is 17.4 Å². The van der Waals surface area contributed by atoms with Crippen molar-refractivity contribution in [1.29, 1.82) is 0 Å². The summed E-state index contributed by atoms with van der Waals surface area (Å²) in [5.74, 6) is -1.90. The predicted octanol–water partition coefficient (Wildman–Crippen LogP) is 4.70. The Labute approximate surface area is 210 Å². The molecule has 0 aliphatic carbocycles. The molecule has 1 heterocycles. The van der Waals surface area contributed by atoms with Gasteiger partial charge in [0.1, 0.15) is 23.9 Å². The Bertz CT molecular complexity index is 1300. The van der Waals surface area contributed by atoms with Crippen molar-refractivity contribution in [2.45, 2.75) is 19.6 Å². The third-order valence-corrected chi connectivity index (χ3v) is 6.31. The minimum Gasteiger partial charge on any atom is -0.507 e. The Morgan fingerprint density at radius 3 is 2.33 bits per heavy atom. The van der Waals surface area contributed by atoms with E-state index in [2.05, 4.69) is 0 Å². The number of halogens is 1. The first-order valence-electron chi connectivity index (χ1n) is 11.7. The van der Waals surface area contributed by atoms with Crippen LogP contribution in [0.4, 0.5) is 4.39 Å². The molecule has 36 heavy (non-hydrogen) atoms. The minimum absolute atomic E-state index is 0.127. The number of aliphatic hydroxyl groups excluding tert-OH is 1. The van der Waals surface area contributed by atoms with E-state index in [4.69, 9.17) is 4.74 Å². The number of aliphatic hydroxyl groups is 1. The maximum Gasteiger partial charge on any atom is 0.295 e. The number of likely N-dealkylation sites (tertiary alicyclic amines) is 1. The summed E-state index contributed by atoms with van der Waals surface area (Å²) in [6.07, 6.45) is 0. The van der Waals surface area contributed by atoms with E-state index in [1.165, 1.54) is 17.0 Å². The van der Waals surface area contributed by atoms with Crippen molar-refractivity contribution in [3.8, 4) is 5.75 Å². The Morgan fingerprint density at radius 1 is 1.00 bits per heavy atom. The molecule has 3 aromatic carbocycles. The van der Waals surface area contributed by atoms with Gasteiger partial charge in [0.2, 0.25) is 0 Å². The Kier molecular flexibility index (Phi) is 7.50. The van der Waals surface area contributed by atoms with E-state index in [0.29, 0.717) is 24.5 Å². The number of Topliss-reactive ketones (excluding diaryl/α,β-unsaturated/α-hetero) is 1. The maximum absolute atomic E-state index is 14.8.